The summed E-state index contributed by atoms with van der Waals surface area (Å²) in [7, 11) is -2.07. The van der Waals surface area contributed by atoms with Gasteiger partial charge >= 0.3 is 5.97 Å². The summed E-state index contributed by atoms with van der Waals surface area (Å²) >= 11 is 1.74. The van der Waals surface area contributed by atoms with E-state index in [-0.39, 0.29) is 16.6 Å². The average Bonchev–Trinajstić information content (AvgIpc) is 3.07. The van der Waals surface area contributed by atoms with Gasteiger partial charge < -0.3 is 9.67 Å². The van der Waals surface area contributed by atoms with Crippen LogP contribution < -0.4 is 0 Å². The standard InChI is InChI=1S/C13H20N2O4S2/c1-3-5-15-8-11(7-12(15)13(16)17)21(18,19)14(2)10-4-6-20-9-10/h7-8,10H,3-6,9H2,1-2H3,(H,16,17). The normalized spacial score (nSPS) is 19.3. The molecule has 0 spiro atoms. The van der Waals surface area contributed by atoms with Gasteiger partial charge in [0.05, 0.1) is 0 Å². The number of nitrogens with zero attached hydrogens (tertiary/aromatic N) is 2. The molecule has 1 atom stereocenters. The zero-order chi connectivity index (χ0) is 15.6. The van der Waals surface area contributed by atoms with E-state index < -0.39 is 16.0 Å². The number of carbonyl (C=O) groups is 1. The van der Waals surface area contributed by atoms with Gasteiger partial charge in [-0.25, -0.2) is 13.2 Å². The summed E-state index contributed by atoms with van der Waals surface area (Å²) in [5.41, 5.74) is 0.0182. The number of aromatic nitrogens is 1. The maximum atomic E-state index is 12.6. The van der Waals surface area contributed by atoms with E-state index in [9.17, 15) is 18.3 Å². The lowest BCUT2D eigenvalue weighted by atomic mass is 10.3. The first kappa shape index (κ1) is 16.4. The Hall–Kier alpha value is -0.990. The predicted molar refractivity (Wildman–Crippen MR) is 82.4 cm³/mol. The molecule has 1 aliphatic rings. The van der Waals surface area contributed by atoms with Gasteiger partial charge in [0.2, 0.25) is 10.0 Å². The average molecular weight is 332 g/mol. The molecule has 2 rings (SSSR count). The number of hydrogen-bond acceptors (Lipinski definition) is 4. The van der Waals surface area contributed by atoms with Gasteiger partial charge in [0.25, 0.3) is 0 Å². The molecule has 1 aliphatic heterocycles. The summed E-state index contributed by atoms with van der Waals surface area (Å²) in [5, 5.41) is 9.19. The molecule has 1 aromatic heterocycles. The van der Waals surface area contributed by atoms with Crippen molar-refractivity contribution in [2.75, 3.05) is 18.6 Å². The molecule has 0 bridgehead atoms. The van der Waals surface area contributed by atoms with Crippen molar-refractivity contribution >= 4 is 27.8 Å². The molecule has 1 unspecified atom stereocenters. The molecule has 1 aromatic rings. The Morgan fingerprint density at radius 3 is 2.81 bits per heavy atom. The molecule has 8 heteroatoms. The van der Waals surface area contributed by atoms with E-state index in [0.717, 1.165) is 24.3 Å². The molecule has 0 aliphatic carbocycles. The summed E-state index contributed by atoms with van der Waals surface area (Å²) in [6.07, 6.45) is 3.01. The molecule has 2 heterocycles. The smallest absolute Gasteiger partial charge is 0.352 e. The van der Waals surface area contributed by atoms with Crippen molar-refractivity contribution < 1.29 is 18.3 Å². The Morgan fingerprint density at radius 1 is 1.57 bits per heavy atom. The van der Waals surface area contributed by atoms with Crippen LogP contribution in [0.2, 0.25) is 0 Å². The highest BCUT2D eigenvalue weighted by Gasteiger charge is 2.32. The van der Waals surface area contributed by atoms with Gasteiger partial charge in [-0.05, 0) is 24.7 Å². The van der Waals surface area contributed by atoms with E-state index in [4.69, 9.17) is 0 Å². The number of carboxylic acid groups (broad SMARTS) is 1. The quantitative estimate of drug-likeness (QED) is 0.858. The highest BCUT2D eigenvalue weighted by molar-refractivity contribution is 7.99. The fourth-order valence-corrected chi connectivity index (χ4v) is 5.19. The molecular formula is C13H20N2O4S2. The van der Waals surface area contributed by atoms with E-state index in [2.05, 4.69) is 0 Å². The molecule has 6 nitrogen and oxygen atoms in total. The highest BCUT2D eigenvalue weighted by atomic mass is 32.2. The van der Waals surface area contributed by atoms with E-state index in [1.54, 1.807) is 18.8 Å². The third-order valence-electron chi connectivity index (χ3n) is 3.65. The number of aromatic carboxylic acids is 1. The van der Waals surface area contributed by atoms with Crippen molar-refractivity contribution in [3.8, 4) is 0 Å². The van der Waals surface area contributed by atoms with Gasteiger partial charge in [-0.1, -0.05) is 6.92 Å². The Kier molecular flexibility index (Phi) is 5.00. The number of aryl methyl sites for hydroxylation is 1. The monoisotopic (exact) mass is 332 g/mol. The van der Waals surface area contributed by atoms with Crippen molar-refractivity contribution in [2.24, 2.45) is 0 Å². The largest absolute Gasteiger partial charge is 0.477 e. The van der Waals surface area contributed by atoms with Crippen LogP contribution in [0, 0.1) is 0 Å². The first-order valence-corrected chi connectivity index (χ1v) is 9.46. The van der Waals surface area contributed by atoms with Crippen LogP contribution >= 0.6 is 11.8 Å². The third kappa shape index (κ3) is 3.27. The number of rotatable bonds is 6. The van der Waals surface area contributed by atoms with Crippen LogP contribution in [-0.4, -0.2) is 53.0 Å². The number of thioether (sulfide) groups is 1. The summed E-state index contributed by atoms with van der Waals surface area (Å²) in [4.78, 5) is 11.3. The van der Waals surface area contributed by atoms with E-state index in [1.807, 2.05) is 6.92 Å². The van der Waals surface area contributed by atoms with Crippen LogP contribution in [0.4, 0.5) is 0 Å². The van der Waals surface area contributed by atoms with Gasteiger partial charge in [-0.15, -0.1) is 0 Å². The van der Waals surface area contributed by atoms with Gasteiger partial charge in [-0.2, -0.15) is 16.1 Å². The van der Waals surface area contributed by atoms with Crippen LogP contribution in [-0.2, 0) is 16.6 Å². The van der Waals surface area contributed by atoms with E-state index >= 15 is 0 Å². The van der Waals surface area contributed by atoms with Crippen LogP contribution in [0.15, 0.2) is 17.2 Å². The van der Waals surface area contributed by atoms with Crippen LogP contribution in [0.5, 0.6) is 0 Å². The van der Waals surface area contributed by atoms with E-state index in [1.165, 1.54) is 21.1 Å². The first-order valence-electron chi connectivity index (χ1n) is 6.87. The summed E-state index contributed by atoms with van der Waals surface area (Å²) in [5.74, 6) is 0.642. The van der Waals surface area contributed by atoms with Gasteiger partial charge in [0.1, 0.15) is 10.6 Å². The van der Waals surface area contributed by atoms with Crippen molar-refractivity contribution in [2.45, 2.75) is 37.2 Å². The highest BCUT2D eigenvalue weighted by Crippen LogP contribution is 2.27. The molecule has 0 radical (unpaired) electrons. The van der Waals surface area contributed by atoms with Gasteiger partial charge in [0, 0.05) is 31.6 Å². The molecule has 1 saturated heterocycles. The molecule has 1 fully saturated rings. The molecule has 21 heavy (non-hydrogen) atoms. The number of carboxylic acids is 1. The Bertz CT molecular complexity index is 618. The second kappa shape index (κ2) is 6.41. The van der Waals surface area contributed by atoms with Crippen molar-refractivity contribution in [1.29, 1.82) is 0 Å². The van der Waals surface area contributed by atoms with Crippen LogP contribution in [0.3, 0.4) is 0 Å². The van der Waals surface area contributed by atoms with Crippen LogP contribution in [0.25, 0.3) is 0 Å². The van der Waals surface area contributed by atoms with Crippen molar-refractivity contribution in [3.63, 3.8) is 0 Å². The minimum Gasteiger partial charge on any atom is -0.477 e. The summed E-state index contributed by atoms with van der Waals surface area (Å²) < 4.78 is 28.1. The molecule has 118 valence electrons. The topological polar surface area (TPSA) is 79.6 Å². The third-order valence-corrected chi connectivity index (χ3v) is 6.67. The maximum Gasteiger partial charge on any atom is 0.352 e. The van der Waals surface area contributed by atoms with Gasteiger partial charge in [-0.3, -0.25) is 0 Å². The fraction of sp³-hybridized carbons (Fsp3) is 0.615. The van der Waals surface area contributed by atoms with E-state index in [0.29, 0.717) is 6.54 Å². The molecule has 0 amide bonds. The number of sulfonamides is 1. The number of hydrogen-bond donors (Lipinski definition) is 1. The molecular weight excluding hydrogens is 312 g/mol. The minimum atomic E-state index is -3.64. The summed E-state index contributed by atoms with van der Waals surface area (Å²) in [6, 6.07) is 1.24. The Balaban J connectivity index is 2.35. The van der Waals surface area contributed by atoms with Crippen molar-refractivity contribution in [3.05, 3.63) is 18.0 Å². The second-order valence-electron chi connectivity index (χ2n) is 5.10. The Labute approximate surface area is 129 Å². The SMILES string of the molecule is CCCn1cc(S(=O)(=O)N(C)C2CCSC2)cc1C(=O)O. The first-order chi connectivity index (χ1) is 9.87. The fourth-order valence-electron chi connectivity index (χ4n) is 2.40. The zero-order valence-electron chi connectivity index (χ0n) is 12.2. The molecule has 1 N–H and O–H groups in total. The van der Waals surface area contributed by atoms with Crippen molar-refractivity contribution in [1.82, 2.24) is 8.87 Å². The molecule has 0 saturated carbocycles. The molecule has 0 aromatic carbocycles. The second-order valence-corrected chi connectivity index (χ2v) is 8.25. The Morgan fingerprint density at radius 2 is 2.29 bits per heavy atom. The summed E-state index contributed by atoms with van der Waals surface area (Å²) in [6.45, 7) is 2.40. The lowest BCUT2D eigenvalue weighted by Crippen LogP contribution is -2.36. The maximum absolute atomic E-state index is 12.6. The lowest BCUT2D eigenvalue weighted by molar-refractivity contribution is 0.0685. The predicted octanol–water partition coefficient (Wildman–Crippen LogP) is 1.72. The minimum absolute atomic E-state index is 0.0113. The lowest BCUT2D eigenvalue weighted by Gasteiger charge is -2.22. The van der Waals surface area contributed by atoms with Crippen LogP contribution in [0.1, 0.15) is 30.3 Å². The van der Waals surface area contributed by atoms with Gasteiger partial charge in [0.15, 0.2) is 0 Å². The zero-order valence-corrected chi connectivity index (χ0v) is 13.8.